The van der Waals surface area contributed by atoms with Crippen LogP contribution in [0.4, 0.5) is 0 Å². The van der Waals surface area contributed by atoms with E-state index < -0.39 is 0 Å². The van der Waals surface area contributed by atoms with Crippen LogP contribution in [-0.4, -0.2) is 19.5 Å². The van der Waals surface area contributed by atoms with Crippen molar-refractivity contribution in [2.75, 3.05) is 0 Å². The maximum atomic E-state index is 5.87. The smallest absolute Gasteiger partial charge is 0.194 e. The van der Waals surface area contributed by atoms with Crippen LogP contribution in [0, 0.1) is 3.83 Å². The summed E-state index contributed by atoms with van der Waals surface area (Å²) in [6, 6.07) is 0. The van der Waals surface area contributed by atoms with E-state index >= 15 is 0 Å². The van der Waals surface area contributed by atoms with E-state index in [4.69, 9.17) is 11.6 Å². The molecule has 0 radical (unpaired) electrons. The highest BCUT2D eigenvalue weighted by atomic mass is 127. The standard InChI is InChI=1S/C7H4ClIN4/c1-2-13-3-10-4-5(8)11-7(9)12-6(4)13/h2-3H,1H2. The van der Waals surface area contributed by atoms with Gasteiger partial charge in [0.25, 0.3) is 0 Å². The first-order valence-electron chi connectivity index (χ1n) is 3.40. The van der Waals surface area contributed by atoms with Crippen molar-refractivity contribution in [3.05, 3.63) is 21.9 Å². The van der Waals surface area contributed by atoms with Gasteiger partial charge in [0.1, 0.15) is 11.8 Å². The van der Waals surface area contributed by atoms with Crippen LogP contribution in [0.1, 0.15) is 0 Å². The molecular weight excluding hydrogens is 302 g/mol. The third kappa shape index (κ3) is 1.42. The summed E-state index contributed by atoms with van der Waals surface area (Å²) in [5.74, 6) is 0. The van der Waals surface area contributed by atoms with Crippen molar-refractivity contribution >= 4 is 51.6 Å². The molecule has 0 N–H and O–H groups in total. The Morgan fingerprint density at radius 3 is 3.00 bits per heavy atom. The molecule has 0 aliphatic rings. The number of halogens is 2. The van der Waals surface area contributed by atoms with Gasteiger partial charge < -0.3 is 0 Å². The van der Waals surface area contributed by atoms with E-state index in [1.807, 2.05) is 22.6 Å². The van der Waals surface area contributed by atoms with Gasteiger partial charge in [0, 0.05) is 28.8 Å². The largest absolute Gasteiger partial charge is 0.291 e. The van der Waals surface area contributed by atoms with Crippen LogP contribution >= 0.6 is 34.2 Å². The lowest BCUT2D eigenvalue weighted by molar-refractivity contribution is 1.09. The van der Waals surface area contributed by atoms with Crippen molar-refractivity contribution in [2.45, 2.75) is 0 Å². The number of fused-ring (bicyclic) bond motifs is 1. The third-order valence-corrected chi connectivity index (χ3v) is 2.29. The van der Waals surface area contributed by atoms with Gasteiger partial charge in [-0.3, -0.25) is 4.57 Å². The number of imidazole rings is 1. The Hall–Kier alpha value is -0.690. The molecule has 6 heteroatoms. The van der Waals surface area contributed by atoms with E-state index in [9.17, 15) is 0 Å². The van der Waals surface area contributed by atoms with Crippen LogP contribution in [0.25, 0.3) is 17.4 Å². The van der Waals surface area contributed by atoms with E-state index in [0.717, 1.165) is 0 Å². The van der Waals surface area contributed by atoms with Crippen molar-refractivity contribution in [3.63, 3.8) is 0 Å². The van der Waals surface area contributed by atoms with Gasteiger partial charge in [-0.15, -0.1) is 0 Å². The summed E-state index contributed by atoms with van der Waals surface area (Å²) in [5, 5.41) is 0.370. The lowest BCUT2D eigenvalue weighted by Gasteiger charge is -1.95. The van der Waals surface area contributed by atoms with Crippen LogP contribution in [-0.2, 0) is 0 Å². The van der Waals surface area contributed by atoms with Crippen molar-refractivity contribution in [1.82, 2.24) is 19.5 Å². The lowest BCUT2D eigenvalue weighted by Crippen LogP contribution is -1.92. The van der Waals surface area contributed by atoms with Crippen LogP contribution in [0.3, 0.4) is 0 Å². The van der Waals surface area contributed by atoms with Crippen LogP contribution in [0.5, 0.6) is 0 Å². The molecule has 0 bridgehead atoms. The Bertz CT molecular complexity index is 479. The zero-order valence-electron chi connectivity index (χ0n) is 6.41. The fourth-order valence-corrected chi connectivity index (χ4v) is 1.82. The highest BCUT2D eigenvalue weighted by Gasteiger charge is 2.08. The second kappa shape index (κ2) is 3.22. The molecule has 0 amide bonds. The van der Waals surface area contributed by atoms with E-state index in [1.165, 1.54) is 0 Å². The molecule has 0 spiro atoms. The van der Waals surface area contributed by atoms with Gasteiger partial charge in [0.15, 0.2) is 14.6 Å². The molecule has 2 rings (SSSR count). The normalized spacial score (nSPS) is 10.6. The molecule has 0 fully saturated rings. The monoisotopic (exact) mass is 306 g/mol. The molecule has 2 heterocycles. The van der Waals surface area contributed by atoms with E-state index in [2.05, 4.69) is 21.5 Å². The molecule has 4 nitrogen and oxygen atoms in total. The first-order chi connectivity index (χ1) is 6.22. The molecular formula is C7H4ClIN4. The molecule has 0 saturated heterocycles. The molecule has 0 aliphatic carbocycles. The van der Waals surface area contributed by atoms with Crippen LogP contribution in [0.15, 0.2) is 12.9 Å². The fourth-order valence-electron chi connectivity index (χ4n) is 0.991. The van der Waals surface area contributed by atoms with Gasteiger partial charge in [-0.25, -0.2) is 15.0 Å². The fraction of sp³-hybridized carbons (Fsp3) is 0. The molecule has 0 aromatic carbocycles. The molecule has 13 heavy (non-hydrogen) atoms. The van der Waals surface area contributed by atoms with Gasteiger partial charge in [0.2, 0.25) is 0 Å². The zero-order chi connectivity index (χ0) is 9.42. The Morgan fingerprint density at radius 2 is 2.31 bits per heavy atom. The molecule has 66 valence electrons. The lowest BCUT2D eigenvalue weighted by atomic mass is 10.5. The van der Waals surface area contributed by atoms with Gasteiger partial charge in [-0.2, -0.15) is 0 Å². The predicted octanol–water partition coefficient (Wildman–Crippen LogP) is 2.18. The second-order valence-corrected chi connectivity index (χ2v) is 3.61. The number of rotatable bonds is 1. The second-order valence-electron chi connectivity index (χ2n) is 2.29. The SMILES string of the molecule is C=Cn1cnc2c(Cl)nc(I)nc21. The van der Waals surface area contributed by atoms with E-state index in [0.29, 0.717) is 20.1 Å². The molecule has 0 atom stereocenters. The van der Waals surface area contributed by atoms with Crippen molar-refractivity contribution in [1.29, 1.82) is 0 Å². The van der Waals surface area contributed by atoms with E-state index in [1.54, 1.807) is 17.1 Å². The molecule has 0 unspecified atom stereocenters. The number of hydrogen-bond donors (Lipinski definition) is 0. The van der Waals surface area contributed by atoms with Crippen LogP contribution in [0.2, 0.25) is 5.15 Å². The summed E-state index contributed by atoms with van der Waals surface area (Å²) in [4.78, 5) is 12.2. The number of aromatic nitrogens is 4. The zero-order valence-corrected chi connectivity index (χ0v) is 9.32. The summed E-state index contributed by atoms with van der Waals surface area (Å²) in [5.41, 5.74) is 1.28. The van der Waals surface area contributed by atoms with Gasteiger partial charge >= 0.3 is 0 Å². The molecule has 2 aromatic rings. The Labute approximate surface area is 92.8 Å². The van der Waals surface area contributed by atoms with Gasteiger partial charge in [-0.1, -0.05) is 18.2 Å². The Morgan fingerprint density at radius 1 is 1.54 bits per heavy atom. The minimum atomic E-state index is 0.370. The minimum Gasteiger partial charge on any atom is -0.291 e. The van der Waals surface area contributed by atoms with Crippen molar-refractivity contribution in [3.8, 4) is 0 Å². The van der Waals surface area contributed by atoms with E-state index in [-0.39, 0.29) is 0 Å². The van der Waals surface area contributed by atoms with Crippen molar-refractivity contribution < 1.29 is 0 Å². The van der Waals surface area contributed by atoms with Gasteiger partial charge in [-0.05, 0) is 0 Å². The summed E-state index contributed by atoms with van der Waals surface area (Å²) < 4.78 is 2.30. The Balaban J connectivity index is 2.89. The molecule has 2 aromatic heterocycles. The summed E-state index contributed by atoms with van der Waals surface area (Å²) in [6.45, 7) is 3.63. The van der Waals surface area contributed by atoms with Crippen molar-refractivity contribution in [2.24, 2.45) is 0 Å². The maximum Gasteiger partial charge on any atom is 0.194 e. The molecule has 0 saturated carbocycles. The summed E-state index contributed by atoms with van der Waals surface area (Å²) in [6.07, 6.45) is 3.23. The topological polar surface area (TPSA) is 43.6 Å². The number of hydrogen-bond acceptors (Lipinski definition) is 3. The first kappa shape index (κ1) is 8.89. The predicted molar refractivity (Wildman–Crippen MR) is 59.4 cm³/mol. The number of nitrogens with zero attached hydrogens (tertiary/aromatic N) is 4. The average molecular weight is 306 g/mol. The minimum absolute atomic E-state index is 0.370. The highest BCUT2D eigenvalue weighted by molar-refractivity contribution is 14.1. The van der Waals surface area contributed by atoms with Gasteiger partial charge in [0.05, 0.1) is 0 Å². The third-order valence-electron chi connectivity index (χ3n) is 1.55. The summed E-state index contributed by atoms with van der Waals surface area (Å²) >= 11 is 7.87. The summed E-state index contributed by atoms with van der Waals surface area (Å²) in [7, 11) is 0. The highest BCUT2D eigenvalue weighted by Crippen LogP contribution is 2.19. The maximum absolute atomic E-state index is 5.87. The quantitative estimate of drug-likeness (QED) is 0.461. The van der Waals surface area contributed by atoms with Crippen LogP contribution < -0.4 is 0 Å². The Kier molecular flexibility index (Phi) is 2.20. The first-order valence-corrected chi connectivity index (χ1v) is 4.86. The molecule has 0 aliphatic heterocycles. The average Bonchev–Trinajstić information content (AvgIpc) is 2.47.